The molecule has 0 radical (unpaired) electrons. The van der Waals surface area contributed by atoms with Crippen molar-refractivity contribution in [3.8, 4) is 23.3 Å². The number of nitriles is 1. The molecule has 0 saturated carbocycles. The van der Waals surface area contributed by atoms with Gasteiger partial charge in [-0.3, -0.25) is 14.9 Å². The number of aryl methyl sites for hydroxylation is 1. The van der Waals surface area contributed by atoms with Gasteiger partial charge in [-0.2, -0.15) is 10.4 Å². The van der Waals surface area contributed by atoms with Crippen molar-refractivity contribution in [2.45, 2.75) is 13.5 Å². The number of nitrogens with zero attached hydrogens (tertiary/aromatic N) is 4. The first kappa shape index (κ1) is 23.1. The third-order valence-electron chi connectivity index (χ3n) is 4.32. The van der Waals surface area contributed by atoms with Gasteiger partial charge in [0, 0.05) is 24.4 Å². The number of aromatic nitrogens is 1. The molecule has 0 saturated heterocycles. The topological polar surface area (TPSA) is 153 Å². The van der Waals surface area contributed by atoms with Crippen LogP contribution in [0.1, 0.15) is 22.6 Å². The number of hydrogen-bond acceptors (Lipinski definition) is 9. The third-order valence-corrected chi connectivity index (χ3v) is 4.32. The molecule has 0 atom stereocenters. The summed E-state index contributed by atoms with van der Waals surface area (Å²) in [5, 5.41) is 24.3. The molecule has 0 spiro atoms. The number of hydrazone groups is 1. The monoisotopic (exact) mass is 449 g/mol. The molecule has 0 bridgehead atoms. The van der Waals surface area contributed by atoms with Crippen LogP contribution in [0.25, 0.3) is 11.3 Å². The number of para-hydroxylation sites is 1. The lowest BCUT2D eigenvalue weighted by Gasteiger charge is -2.10. The SMILES string of the molecule is COCc1cc(C)nc(OCC(=O)N/N=C/c2ccc(-c3ccccc3[N+](=O)[O-])o2)c1C#N. The second-order valence-electron chi connectivity index (χ2n) is 6.71. The molecule has 168 valence electrons. The van der Waals surface area contributed by atoms with Crippen molar-refractivity contribution in [1.29, 1.82) is 5.26 Å². The zero-order chi connectivity index (χ0) is 23.8. The van der Waals surface area contributed by atoms with Crippen molar-refractivity contribution in [2.24, 2.45) is 5.10 Å². The number of nitro benzene ring substituents is 1. The predicted octanol–water partition coefficient (Wildman–Crippen LogP) is 3.11. The summed E-state index contributed by atoms with van der Waals surface area (Å²) in [5.41, 5.74) is 3.92. The number of nitro groups is 1. The van der Waals surface area contributed by atoms with Gasteiger partial charge in [-0.25, -0.2) is 10.4 Å². The molecule has 1 amide bonds. The number of benzene rings is 1. The summed E-state index contributed by atoms with van der Waals surface area (Å²) in [6, 6.07) is 13.0. The minimum atomic E-state index is -0.586. The largest absolute Gasteiger partial charge is 0.467 e. The average Bonchev–Trinajstić information content (AvgIpc) is 3.26. The quantitative estimate of drug-likeness (QED) is 0.297. The van der Waals surface area contributed by atoms with E-state index >= 15 is 0 Å². The fourth-order valence-corrected chi connectivity index (χ4v) is 2.95. The number of nitrogens with one attached hydrogen (secondary N) is 1. The minimum absolute atomic E-state index is 0.0313. The van der Waals surface area contributed by atoms with Gasteiger partial charge in [0.05, 0.1) is 23.3 Å². The van der Waals surface area contributed by atoms with Crippen molar-refractivity contribution in [3.63, 3.8) is 0 Å². The van der Waals surface area contributed by atoms with E-state index in [2.05, 4.69) is 15.5 Å². The van der Waals surface area contributed by atoms with Crippen LogP contribution in [0.4, 0.5) is 5.69 Å². The van der Waals surface area contributed by atoms with E-state index in [-0.39, 0.29) is 29.5 Å². The summed E-state index contributed by atoms with van der Waals surface area (Å²) in [6.07, 6.45) is 1.25. The van der Waals surface area contributed by atoms with Gasteiger partial charge in [0.1, 0.15) is 23.2 Å². The van der Waals surface area contributed by atoms with Crippen LogP contribution in [0, 0.1) is 28.4 Å². The Labute approximate surface area is 188 Å². The van der Waals surface area contributed by atoms with Crippen LogP contribution >= 0.6 is 0 Å². The zero-order valence-electron chi connectivity index (χ0n) is 17.8. The molecule has 1 aromatic carbocycles. The second kappa shape index (κ2) is 10.7. The summed E-state index contributed by atoms with van der Waals surface area (Å²) in [4.78, 5) is 26.9. The molecular formula is C22H19N5O6. The third kappa shape index (κ3) is 5.78. The fraction of sp³-hybridized carbons (Fsp3) is 0.182. The Morgan fingerprint density at radius 2 is 2.15 bits per heavy atom. The predicted molar refractivity (Wildman–Crippen MR) is 116 cm³/mol. The maximum atomic E-state index is 12.1. The Hall–Kier alpha value is -4.56. The van der Waals surface area contributed by atoms with Gasteiger partial charge in [-0.15, -0.1) is 0 Å². The number of carbonyl (C=O) groups excluding carboxylic acids is 1. The van der Waals surface area contributed by atoms with Crippen LogP contribution in [-0.2, 0) is 16.1 Å². The van der Waals surface area contributed by atoms with Crippen LogP contribution in [0.15, 0.2) is 52.0 Å². The molecule has 0 unspecified atom stereocenters. The molecule has 0 aliphatic heterocycles. The van der Waals surface area contributed by atoms with Crippen molar-refractivity contribution >= 4 is 17.8 Å². The number of carbonyl (C=O) groups is 1. The number of furan rings is 1. The van der Waals surface area contributed by atoms with E-state index in [1.54, 1.807) is 43.3 Å². The van der Waals surface area contributed by atoms with Gasteiger partial charge < -0.3 is 13.9 Å². The summed E-state index contributed by atoms with van der Waals surface area (Å²) in [6.45, 7) is 1.52. The zero-order valence-corrected chi connectivity index (χ0v) is 17.8. The van der Waals surface area contributed by atoms with Gasteiger partial charge in [0.15, 0.2) is 6.61 Å². The molecule has 3 aromatic rings. The summed E-state index contributed by atoms with van der Waals surface area (Å²) in [7, 11) is 1.51. The molecule has 1 N–H and O–H groups in total. The number of rotatable bonds is 9. The molecule has 0 aliphatic rings. The van der Waals surface area contributed by atoms with E-state index in [0.29, 0.717) is 22.6 Å². The summed E-state index contributed by atoms with van der Waals surface area (Å²) < 4.78 is 16.0. The molecule has 11 heteroatoms. The van der Waals surface area contributed by atoms with E-state index < -0.39 is 17.4 Å². The van der Waals surface area contributed by atoms with E-state index in [1.165, 1.54) is 19.4 Å². The maximum absolute atomic E-state index is 12.1. The van der Waals surface area contributed by atoms with Gasteiger partial charge in [-0.05, 0) is 31.2 Å². The highest BCUT2D eigenvalue weighted by molar-refractivity contribution is 5.82. The minimum Gasteiger partial charge on any atom is -0.467 e. The molecule has 2 aromatic heterocycles. The van der Waals surface area contributed by atoms with Crippen molar-refractivity contribution in [3.05, 3.63) is 75.2 Å². The van der Waals surface area contributed by atoms with E-state index in [1.807, 2.05) is 6.07 Å². The Morgan fingerprint density at radius 1 is 1.36 bits per heavy atom. The molecule has 3 rings (SSSR count). The lowest BCUT2D eigenvalue weighted by Crippen LogP contribution is -2.25. The molecule has 0 aliphatic carbocycles. The number of ether oxygens (including phenoxy) is 2. The van der Waals surface area contributed by atoms with Crippen molar-refractivity contribution in [2.75, 3.05) is 13.7 Å². The van der Waals surface area contributed by atoms with E-state index in [4.69, 9.17) is 13.9 Å². The van der Waals surface area contributed by atoms with Crippen molar-refractivity contribution < 1.29 is 23.6 Å². The first-order chi connectivity index (χ1) is 15.9. The Balaban J connectivity index is 1.61. The molecular weight excluding hydrogens is 430 g/mol. The standard InChI is InChI=1S/C22H19N5O6/c1-14-9-15(12-31-2)18(10-23)22(25-14)32-13-21(28)26-24-11-16-7-8-20(33-16)17-5-3-4-6-19(17)27(29)30/h3-9,11H,12-13H2,1-2H3,(H,26,28)/b24-11+. The summed E-state index contributed by atoms with van der Waals surface area (Å²) in [5.74, 6) is 0.0153. The Kier molecular flexibility index (Phi) is 7.46. The summed E-state index contributed by atoms with van der Waals surface area (Å²) >= 11 is 0. The highest BCUT2D eigenvalue weighted by Gasteiger charge is 2.17. The highest BCUT2D eigenvalue weighted by atomic mass is 16.6. The molecule has 33 heavy (non-hydrogen) atoms. The lowest BCUT2D eigenvalue weighted by molar-refractivity contribution is -0.384. The highest BCUT2D eigenvalue weighted by Crippen LogP contribution is 2.30. The Bertz CT molecular complexity index is 1240. The van der Waals surface area contributed by atoms with Gasteiger partial charge >= 0.3 is 0 Å². The normalized spacial score (nSPS) is 10.7. The number of amides is 1. The van der Waals surface area contributed by atoms with E-state index in [0.717, 1.165) is 0 Å². The molecule has 0 fully saturated rings. The first-order valence-electron chi connectivity index (χ1n) is 9.60. The second-order valence-corrected chi connectivity index (χ2v) is 6.71. The van der Waals surface area contributed by atoms with Crippen LogP contribution in [0.2, 0.25) is 0 Å². The fourth-order valence-electron chi connectivity index (χ4n) is 2.95. The van der Waals surface area contributed by atoms with Crippen LogP contribution in [0.5, 0.6) is 5.88 Å². The first-order valence-corrected chi connectivity index (χ1v) is 9.60. The van der Waals surface area contributed by atoms with Crippen LogP contribution < -0.4 is 10.2 Å². The number of methoxy groups -OCH3 is 1. The maximum Gasteiger partial charge on any atom is 0.280 e. The average molecular weight is 449 g/mol. The number of pyridine rings is 1. The van der Waals surface area contributed by atoms with Gasteiger partial charge in [-0.1, -0.05) is 12.1 Å². The van der Waals surface area contributed by atoms with Crippen LogP contribution in [-0.4, -0.2) is 35.7 Å². The molecule has 2 heterocycles. The van der Waals surface area contributed by atoms with Gasteiger partial charge in [0.25, 0.3) is 11.6 Å². The number of hydrogen-bond donors (Lipinski definition) is 1. The van der Waals surface area contributed by atoms with Crippen molar-refractivity contribution in [1.82, 2.24) is 10.4 Å². The van der Waals surface area contributed by atoms with E-state index in [9.17, 15) is 20.2 Å². The van der Waals surface area contributed by atoms with Gasteiger partial charge in [0.2, 0.25) is 5.88 Å². The smallest absolute Gasteiger partial charge is 0.280 e. The Morgan fingerprint density at radius 3 is 2.88 bits per heavy atom. The van der Waals surface area contributed by atoms with Crippen LogP contribution in [0.3, 0.4) is 0 Å². The molecule has 11 nitrogen and oxygen atoms in total. The lowest BCUT2D eigenvalue weighted by atomic mass is 10.1.